The number of carbonyl (C=O) groups is 1. The third-order valence-corrected chi connectivity index (χ3v) is 3.14. The SMILES string of the molecule is C[n+]1ccccc1CC(=O)c1cccc(Br)c1.[I-]. The van der Waals surface area contributed by atoms with Gasteiger partial charge in [0.2, 0.25) is 0 Å². The molecule has 0 N–H and O–H groups in total. The molecule has 2 rings (SSSR count). The quantitative estimate of drug-likeness (QED) is 0.381. The second kappa shape index (κ2) is 6.99. The molecule has 1 aromatic carbocycles. The summed E-state index contributed by atoms with van der Waals surface area (Å²) < 4.78 is 2.90. The average Bonchev–Trinajstić information content (AvgIpc) is 2.32. The molecule has 4 heteroatoms. The van der Waals surface area contributed by atoms with Gasteiger partial charge >= 0.3 is 0 Å². The van der Waals surface area contributed by atoms with E-state index in [1.807, 2.05) is 60.3 Å². The molecule has 0 aliphatic heterocycles. The molecule has 18 heavy (non-hydrogen) atoms. The molecule has 0 aliphatic rings. The molecule has 0 atom stereocenters. The van der Waals surface area contributed by atoms with E-state index in [9.17, 15) is 4.79 Å². The Kier molecular flexibility index (Phi) is 5.95. The molecule has 1 aromatic heterocycles. The Morgan fingerprint density at radius 2 is 2.00 bits per heavy atom. The Balaban J connectivity index is 0.00000162. The maximum absolute atomic E-state index is 12.1. The molecule has 0 radical (unpaired) electrons. The van der Waals surface area contributed by atoms with Crippen LogP contribution in [0.3, 0.4) is 0 Å². The first-order valence-corrected chi connectivity index (χ1v) is 6.18. The van der Waals surface area contributed by atoms with Crippen molar-refractivity contribution in [1.29, 1.82) is 0 Å². The standard InChI is InChI=1S/C14H13BrNO.HI/c1-16-8-3-2-7-13(16)10-14(17)11-5-4-6-12(15)9-11;/h2-9H,10H2,1H3;1H/q+1;/p-1. The number of aromatic nitrogens is 1. The molecule has 0 amide bonds. The first-order valence-electron chi connectivity index (χ1n) is 5.39. The van der Waals surface area contributed by atoms with Crippen molar-refractivity contribution in [2.45, 2.75) is 6.42 Å². The van der Waals surface area contributed by atoms with Crippen molar-refractivity contribution >= 4 is 21.7 Å². The summed E-state index contributed by atoms with van der Waals surface area (Å²) in [5.41, 5.74) is 1.75. The van der Waals surface area contributed by atoms with Crippen molar-refractivity contribution < 1.29 is 33.3 Å². The zero-order chi connectivity index (χ0) is 12.3. The van der Waals surface area contributed by atoms with E-state index in [1.165, 1.54) is 0 Å². The lowest BCUT2D eigenvalue weighted by atomic mass is 10.1. The highest BCUT2D eigenvalue weighted by atomic mass is 127. The van der Waals surface area contributed by atoms with Crippen molar-refractivity contribution in [2.24, 2.45) is 7.05 Å². The predicted molar refractivity (Wildman–Crippen MR) is 69.8 cm³/mol. The first-order chi connectivity index (χ1) is 8.16. The average molecular weight is 418 g/mol. The molecular formula is C14H13BrINO. The largest absolute Gasteiger partial charge is 1.00 e. The van der Waals surface area contributed by atoms with Crippen LogP contribution in [0, 0.1) is 0 Å². The maximum atomic E-state index is 12.1. The number of pyridine rings is 1. The van der Waals surface area contributed by atoms with Crippen LogP contribution in [-0.2, 0) is 13.5 Å². The van der Waals surface area contributed by atoms with Gasteiger partial charge < -0.3 is 24.0 Å². The fourth-order valence-electron chi connectivity index (χ4n) is 1.67. The lowest BCUT2D eigenvalue weighted by Crippen LogP contribution is -3.00. The number of hydrogen-bond donors (Lipinski definition) is 0. The van der Waals surface area contributed by atoms with Crippen molar-refractivity contribution in [3.05, 3.63) is 64.4 Å². The van der Waals surface area contributed by atoms with E-state index in [0.29, 0.717) is 6.42 Å². The van der Waals surface area contributed by atoms with Crippen LogP contribution in [0.25, 0.3) is 0 Å². The topological polar surface area (TPSA) is 20.9 Å². The smallest absolute Gasteiger partial charge is 0.188 e. The van der Waals surface area contributed by atoms with E-state index in [0.717, 1.165) is 15.7 Å². The van der Waals surface area contributed by atoms with Gasteiger partial charge in [-0.05, 0) is 12.1 Å². The number of rotatable bonds is 3. The number of Topliss-reactive ketones (excluding diaryl/α,β-unsaturated/α-hetero) is 1. The van der Waals surface area contributed by atoms with Gasteiger partial charge in [0.1, 0.15) is 7.05 Å². The van der Waals surface area contributed by atoms with Crippen LogP contribution in [-0.4, -0.2) is 5.78 Å². The molecule has 0 spiro atoms. The van der Waals surface area contributed by atoms with Crippen LogP contribution >= 0.6 is 15.9 Å². The van der Waals surface area contributed by atoms with E-state index in [-0.39, 0.29) is 29.8 Å². The summed E-state index contributed by atoms with van der Waals surface area (Å²) in [6, 6.07) is 13.4. The van der Waals surface area contributed by atoms with Gasteiger partial charge in [-0.15, -0.1) is 0 Å². The Morgan fingerprint density at radius 3 is 2.67 bits per heavy atom. The van der Waals surface area contributed by atoms with Crippen LogP contribution in [0.2, 0.25) is 0 Å². The second-order valence-corrected chi connectivity index (χ2v) is 4.83. The highest BCUT2D eigenvalue weighted by Gasteiger charge is 2.13. The molecule has 0 saturated carbocycles. The van der Waals surface area contributed by atoms with E-state index in [1.54, 1.807) is 0 Å². The minimum absolute atomic E-state index is 0. The lowest BCUT2D eigenvalue weighted by molar-refractivity contribution is -0.678. The summed E-state index contributed by atoms with van der Waals surface area (Å²) in [7, 11) is 1.95. The van der Waals surface area contributed by atoms with Gasteiger partial charge in [0.25, 0.3) is 0 Å². The number of aryl methyl sites for hydroxylation is 1. The Hall–Kier alpha value is -0.750. The minimum atomic E-state index is 0. The fraction of sp³-hybridized carbons (Fsp3) is 0.143. The van der Waals surface area contributed by atoms with E-state index in [2.05, 4.69) is 15.9 Å². The molecule has 2 aromatic rings. The normalized spacial score (nSPS) is 9.67. The number of benzene rings is 1. The summed E-state index contributed by atoms with van der Waals surface area (Å²) in [5, 5.41) is 0. The molecule has 0 bridgehead atoms. The summed E-state index contributed by atoms with van der Waals surface area (Å²) in [4.78, 5) is 12.1. The second-order valence-electron chi connectivity index (χ2n) is 3.91. The monoisotopic (exact) mass is 417 g/mol. The van der Waals surface area contributed by atoms with E-state index < -0.39 is 0 Å². The highest BCUT2D eigenvalue weighted by molar-refractivity contribution is 9.10. The summed E-state index contributed by atoms with van der Waals surface area (Å²) in [6.07, 6.45) is 2.37. The Bertz CT molecular complexity index is 557. The van der Waals surface area contributed by atoms with Crippen LogP contribution in [0.5, 0.6) is 0 Å². The summed E-state index contributed by atoms with van der Waals surface area (Å²) in [5.74, 6) is 0.133. The number of hydrogen-bond acceptors (Lipinski definition) is 1. The van der Waals surface area contributed by atoms with Crippen molar-refractivity contribution in [3.63, 3.8) is 0 Å². The van der Waals surface area contributed by atoms with Gasteiger partial charge in [0.15, 0.2) is 17.7 Å². The molecule has 0 saturated heterocycles. The van der Waals surface area contributed by atoms with Crippen LogP contribution in [0.15, 0.2) is 53.1 Å². The van der Waals surface area contributed by atoms with Gasteiger partial charge in [-0.25, -0.2) is 4.57 Å². The summed E-state index contributed by atoms with van der Waals surface area (Å²) in [6.45, 7) is 0. The van der Waals surface area contributed by atoms with E-state index in [4.69, 9.17) is 0 Å². The third-order valence-electron chi connectivity index (χ3n) is 2.65. The molecule has 1 heterocycles. The number of ketones is 1. The van der Waals surface area contributed by atoms with Gasteiger partial charge in [0, 0.05) is 22.2 Å². The zero-order valence-corrected chi connectivity index (χ0v) is 13.7. The molecule has 0 unspecified atom stereocenters. The number of nitrogens with zero attached hydrogens (tertiary/aromatic N) is 1. The fourth-order valence-corrected chi connectivity index (χ4v) is 2.07. The van der Waals surface area contributed by atoms with Gasteiger partial charge in [-0.2, -0.15) is 0 Å². The zero-order valence-electron chi connectivity index (χ0n) is 9.94. The third kappa shape index (κ3) is 3.88. The number of halogens is 2. The first kappa shape index (κ1) is 15.3. The van der Waals surface area contributed by atoms with Crippen molar-refractivity contribution in [1.82, 2.24) is 0 Å². The number of carbonyl (C=O) groups excluding carboxylic acids is 1. The molecule has 2 nitrogen and oxygen atoms in total. The van der Waals surface area contributed by atoms with Crippen LogP contribution in [0.4, 0.5) is 0 Å². The van der Waals surface area contributed by atoms with E-state index >= 15 is 0 Å². The van der Waals surface area contributed by atoms with Gasteiger partial charge in [0.05, 0.1) is 6.42 Å². The van der Waals surface area contributed by atoms with Crippen LogP contribution < -0.4 is 28.5 Å². The highest BCUT2D eigenvalue weighted by Crippen LogP contribution is 2.13. The van der Waals surface area contributed by atoms with Crippen LogP contribution in [0.1, 0.15) is 16.1 Å². The predicted octanol–water partition coefficient (Wildman–Crippen LogP) is -0.297. The Morgan fingerprint density at radius 1 is 1.22 bits per heavy atom. The Labute approximate surface area is 132 Å². The molecule has 0 fully saturated rings. The minimum Gasteiger partial charge on any atom is -1.00 e. The summed E-state index contributed by atoms with van der Waals surface area (Å²) >= 11 is 3.37. The van der Waals surface area contributed by atoms with Crippen molar-refractivity contribution in [2.75, 3.05) is 0 Å². The molecule has 94 valence electrons. The molecular weight excluding hydrogens is 405 g/mol. The lowest BCUT2D eigenvalue weighted by Gasteiger charge is -2.01. The van der Waals surface area contributed by atoms with Crippen molar-refractivity contribution in [3.8, 4) is 0 Å². The maximum Gasteiger partial charge on any atom is 0.188 e. The van der Waals surface area contributed by atoms with Gasteiger partial charge in [-0.3, -0.25) is 4.79 Å². The van der Waals surface area contributed by atoms with Gasteiger partial charge in [-0.1, -0.05) is 34.1 Å². The molecule has 0 aliphatic carbocycles.